The lowest BCUT2D eigenvalue weighted by molar-refractivity contribution is -0.139. The summed E-state index contributed by atoms with van der Waals surface area (Å²) in [7, 11) is 0. The maximum absolute atomic E-state index is 12.9. The number of halogens is 4. The van der Waals surface area contributed by atoms with Crippen molar-refractivity contribution in [3.63, 3.8) is 0 Å². The minimum absolute atomic E-state index is 0. The number of alkyl halides is 3. The number of hydrogen-bond acceptors (Lipinski definition) is 3. The number of para-hydroxylation sites is 1. The van der Waals surface area contributed by atoms with Crippen molar-refractivity contribution < 1.29 is 22.7 Å². The van der Waals surface area contributed by atoms with Crippen LogP contribution in [0.5, 0.6) is 5.75 Å². The molecule has 138 valence electrons. The largest absolute Gasteiger partial charge is 0.488 e. The molecule has 0 bridgehead atoms. The molecule has 0 radical (unpaired) electrons. The van der Waals surface area contributed by atoms with Gasteiger partial charge < -0.3 is 15.8 Å². The van der Waals surface area contributed by atoms with Gasteiger partial charge in [0.2, 0.25) is 5.91 Å². The summed E-state index contributed by atoms with van der Waals surface area (Å²) in [5, 5.41) is 2.67. The van der Waals surface area contributed by atoms with Gasteiger partial charge >= 0.3 is 6.18 Å². The molecule has 24 heavy (non-hydrogen) atoms. The van der Waals surface area contributed by atoms with Crippen LogP contribution < -0.4 is 15.8 Å². The molecule has 0 aliphatic heterocycles. The van der Waals surface area contributed by atoms with E-state index >= 15 is 0 Å². The average molecular weight is 369 g/mol. The molecule has 0 aliphatic rings. The molecule has 0 saturated carbocycles. The van der Waals surface area contributed by atoms with Gasteiger partial charge in [-0.3, -0.25) is 4.79 Å². The maximum atomic E-state index is 12.9. The van der Waals surface area contributed by atoms with Crippen molar-refractivity contribution in [2.24, 2.45) is 11.7 Å². The van der Waals surface area contributed by atoms with Crippen LogP contribution in [0.2, 0.25) is 0 Å². The monoisotopic (exact) mass is 368 g/mol. The van der Waals surface area contributed by atoms with Crippen molar-refractivity contribution in [2.45, 2.75) is 45.5 Å². The number of rotatable bonds is 7. The molecule has 0 spiro atoms. The van der Waals surface area contributed by atoms with Crippen LogP contribution in [0.3, 0.4) is 0 Å². The van der Waals surface area contributed by atoms with Gasteiger partial charge in [-0.2, -0.15) is 13.2 Å². The lowest BCUT2D eigenvalue weighted by Gasteiger charge is -2.22. The quantitative estimate of drug-likeness (QED) is 0.775. The van der Waals surface area contributed by atoms with Gasteiger partial charge in [-0.05, 0) is 25.5 Å². The minimum Gasteiger partial charge on any atom is -0.488 e. The Bertz CT molecular complexity index is 524. The van der Waals surface area contributed by atoms with Gasteiger partial charge in [0.1, 0.15) is 11.9 Å². The van der Waals surface area contributed by atoms with E-state index < -0.39 is 17.8 Å². The molecule has 1 aromatic rings. The predicted octanol–water partition coefficient (Wildman–Crippen LogP) is 3.38. The Kier molecular flexibility index (Phi) is 9.14. The highest BCUT2D eigenvalue weighted by molar-refractivity contribution is 5.85. The molecule has 3 unspecified atom stereocenters. The summed E-state index contributed by atoms with van der Waals surface area (Å²) in [6.45, 7) is 5.32. The SMILES string of the molecule is CCC(CNC(=O)C(C)C(C)N)Oc1ccccc1C(F)(F)F.Cl. The van der Waals surface area contributed by atoms with E-state index in [2.05, 4.69) is 5.32 Å². The van der Waals surface area contributed by atoms with Crippen LogP contribution in [-0.2, 0) is 11.0 Å². The van der Waals surface area contributed by atoms with Crippen LogP contribution in [0, 0.1) is 5.92 Å². The summed E-state index contributed by atoms with van der Waals surface area (Å²) in [6.07, 6.45) is -4.58. The topological polar surface area (TPSA) is 64.4 Å². The highest BCUT2D eigenvalue weighted by Gasteiger charge is 2.34. The highest BCUT2D eigenvalue weighted by Crippen LogP contribution is 2.36. The molecule has 0 fully saturated rings. The van der Waals surface area contributed by atoms with Gasteiger partial charge in [0.05, 0.1) is 12.1 Å². The van der Waals surface area contributed by atoms with Crippen molar-refractivity contribution in [3.05, 3.63) is 29.8 Å². The molecular weight excluding hydrogens is 345 g/mol. The first kappa shape index (κ1) is 22.5. The average Bonchev–Trinajstić information content (AvgIpc) is 2.49. The predicted molar refractivity (Wildman–Crippen MR) is 89.2 cm³/mol. The number of ether oxygens (including phenoxy) is 1. The van der Waals surface area contributed by atoms with Crippen LogP contribution in [0.4, 0.5) is 13.2 Å². The second-order valence-corrected chi connectivity index (χ2v) is 5.53. The fourth-order valence-corrected chi connectivity index (χ4v) is 1.87. The van der Waals surface area contributed by atoms with Crippen molar-refractivity contribution in [2.75, 3.05) is 6.54 Å². The van der Waals surface area contributed by atoms with Gasteiger partial charge in [0, 0.05) is 12.0 Å². The van der Waals surface area contributed by atoms with E-state index in [1.165, 1.54) is 18.2 Å². The Labute approximate surface area is 146 Å². The number of benzene rings is 1. The molecule has 3 N–H and O–H groups in total. The second-order valence-electron chi connectivity index (χ2n) is 5.53. The molecule has 8 heteroatoms. The Hall–Kier alpha value is -1.47. The third-order valence-corrected chi connectivity index (χ3v) is 3.65. The summed E-state index contributed by atoms with van der Waals surface area (Å²) < 4.78 is 44.3. The summed E-state index contributed by atoms with van der Waals surface area (Å²) in [6, 6.07) is 4.73. The first-order chi connectivity index (χ1) is 10.7. The van der Waals surface area contributed by atoms with E-state index in [0.717, 1.165) is 6.07 Å². The van der Waals surface area contributed by atoms with E-state index in [0.29, 0.717) is 6.42 Å². The van der Waals surface area contributed by atoms with Gasteiger partial charge in [0.15, 0.2) is 0 Å². The Morgan fingerprint density at radius 2 is 1.88 bits per heavy atom. The zero-order valence-electron chi connectivity index (χ0n) is 13.9. The van der Waals surface area contributed by atoms with Gasteiger partial charge in [-0.1, -0.05) is 26.0 Å². The normalized spacial score (nSPS) is 15.0. The summed E-state index contributed by atoms with van der Waals surface area (Å²) in [5.74, 6) is -0.859. The van der Waals surface area contributed by atoms with Crippen molar-refractivity contribution in [1.82, 2.24) is 5.32 Å². The molecule has 4 nitrogen and oxygen atoms in total. The molecule has 1 amide bonds. The van der Waals surface area contributed by atoms with Gasteiger partial charge in [-0.15, -0.1) is 12.4 Å². The number of hydrogen-bond donors (Lipinski definition) is 2. The maximum Gasteiger partial charge on any atom is 0.419 e. The van der Waals surface area contributed by atoms with E-state index in [-0.39, 0.29) is 42.6 Å². The lowest BCUT2D eigenvalue weighted by atomic mass is 10.0. The Balaban J connectivity index is 0.00000529. The third-order valence-electron chi connectivity index (χ3n) is 3.65. The molecule has 0 saturated heterocycles. The van der Waals surface area contributed by atoms with Gasteiger partial charge in [0.25, 0.3) is 0 Å². The van der Waals surface area contributed by atoms with Crippen LogP contribution >= 0.6 is 12.4 Å². The molecule has 1 rings (SSSR count). The van der Waals surface area contributed by atoms with E-state index in [9.17, 15) is 18.0 Å². The summed E-state index contributed by atoms with van der Waals surface area (Å²) in [5.41, 5.74) is 4.82. The molecule has 3 atom stereocenters. The standard InChI is InChI=1S/C16H23F3N2O2.ClH/c1-4-12(9-21-15(22)10(2)11(3)20)23-14-8-6-5-7-13(14)16(17,18)19;/h5-8,10-12H,4,9,20H2,1-3H3,(H,21,22);1H. The van der Waals surface area contributed by atoms with Gasteiger partial charge in [-0.25, -0.2) is 0 Å². The third kappa shape index (κ3) is 6.57. The second kappa shape index (κ2) is 9.74. The van der Waals surface area contributed by atoms with Crippen molar-refractivity contribution in [1.29, 1.82) is 0 Å². The lowest BCUT2D eigenvalue weighted by Crippen LogP contribution is -2.42. The van der Waals surface area contributed by atoms with Crippen LogP contribution in [0.25, 0.3) is 0 Å². The van der Waals surface area contributed by atoms with Crippen LogP contribution in [0.1, 0.15) is 32.8 Å². The van der Waals surface area contributed by atoms with E-state index in [1.54, 1.807) is 20.8 Å². The van der Waals surface area contributed by atoms with Crippen molar-refractivity contribution in [3.8, 4) is 5.75 Å². The minimum atomic E-state index is -4.48. The Morgan fingerprint density at radius 1 is 1.29 bits per heavy atom. The van der Waals surface area contributed by atoms with Crippen LogP contribution in [0.15, 0.2) is 24.3 Å². The molecular formula is C16H24ClF3N2O2. The highest BCUT2D eigenvalue weighted by atomic mass is 35.5. The fraction of sp³-hybridized carbons (Fsp3) is 0.562. The Morgan fingerprint density at radius 3 is 2.38 bits per heavy atom. The zero-order chi connectivity index (χ0) is 17.6. The molecule has 0 aromatic heterocycles. The first-order valence-electron chi connectivity index (χ1n) is 7.53. The molecule has 1 aromatic carbocycles. The van der Waals surface area contributed by atoms with E-state index in [4.69, 9.17) is 10.5 Å². The first-order valence-corrected chi connectivity index (χ1v) is 7.53. The van der Waals surface area contributed by atoms with E-state index in [1.807, 2.05) is 0 Å². The smallest absolute Gasteiger partial charge is 0.419 e. The zero-order valence-corrected chi connectivity index (χ0v) is 14.7. The number of amides is 1. The number of nitrogens with two attached hydrogens (primary N) is 1. The molecule has 0 heterocycles. The van der Waals surface area contributed by atoms with Crippen molar-refractivity contribution >= 4 is 18.3 Å². The summed E-state index contributed by atoms with van der Waals surface area (Å²) >= 11 is 0. The number of carbonyl (C=O) groups is 1. The number of nitrogens with one attached hydrogen (secondary N) is 1. The molecule has 0 aliphatic carbocycles. The van der Waals surface area contributed by atoms with Crippen LogP contribution in [-0.4, -0.2) is 24.6 Å². The number of carbonyl (C=O) groups excluding carboxylic acids is 1. The summed E-state index contributed by atoms with van der Waals surface area (Å²) in [4.78, 5) is 11.9. The fourth-order valence-electron chi connectivity index (χ4n) is 1.87.